The van der Waals surface area contributed by atoms with Crippen LogP contribution in [0.15, 0.2) is 30.3 Å². The third-order valence-corrected chi connectivity index (χ3v) is 5.25. The van der Waals surface area contributed by atoms with E-state index in [-0.39, 0.29) is 5.91 Å². The van der Waals surface area contributed by atoms with Crippen molar-refractivity contribution in [2.24, 2.45) is 0 Å². The first-order chi connectivity index (χ1) is 12.0. The van der Waals surface area contributed by atoms with Crippen molar-refractivity contribution in [2.75, 3.05) is 0 Å². The van der Waals surface area contributed by atoms with Gasteiger partial charge in [-0.15, -0.1) is 11.3 Å². The number of hydrogen-bond acceptors (Lipinski definition) is 5. The number of hydrogen-bond donors (Lipinski definition) is 2. The van der Waals surface area contributed by atoms with E-state index in [0.717, 1.165) is 16.3 Å². The summed E-state index contributed by atoms with van der Waals surface area (Å²) < 4.78 is 0. The molecule has 1 amide bonds. The molecule has 0 fully saturated rings. The molecule has 1 atom stereocenters. The number of carbonyl (C=O) groups excluding carboxylic acids is 1. The second kappa shape index (κ2) is 7.14. The van der Waals surface area contributed by atoms with Gasteiger partial charge in [-0.25, -0.2) is 9.97 Å². The average molecular weight is 355 g/mol. The Bertz CT molecular complexity index is 869. The van der Waals surface area contributed by atoms with Crippen molar-refractivity contribution in [3.8, 4) is 0 Å². The maximum atomic E-state index is 12.9. The molecule has 25 heavy (non-hydrogen) atoms. The fraction of sp³-hybridized carbons (Fsp3) is 0.333. The second-order valence-corrected chi connectivity index (χ2v) is 7.25. The SMILES string of the molecule is Cc1nc(C(NC(=O)c2sc(C(C)C)nc2C)c2ccccc2)n[nH]1. The Labute approximate surface area is 150 Å². The zero-order valence-electron chi connectivity index (χ0n) is 14.7. The fourth-order valence-corrected chi connectivity index (χ4v) is 3.48. The fourth-order valence-electron chi connectivity index (χ4n) is 2.50. The third-order valence-electron chi connectivity index (χ3n) is 3.79. The van der Waals surface area contributed by atoms with Crippen LogP contribution in [0.2, 0.25) is 0 Å². The number of carbonyl (C=O) groups is 1. The number of rotatable bonds is 5. The Hall–Kier alpha value is -2.54. The van der Waals surface area contributed by atoms with Crippen molar-refractivity contribution < 1.29 is 4.79 Å². The number of aryl methyl sites for hydroxylation is 2. The van der Waals surface area contributed by atoms with Gasteiger partial charge in [0, 0.05) is 5.92 Å². The Morgan fingerprint density at radius 1 is 1.16 bits per heavy atom. The van der Waals surface area contributed by atoms with Crippen LogP contribution in [0.5, 0.6) is 0 Å². The van der Waals surface area contributed by atoms with Gasteiger partial charge in [-0.1, -0.05) is 44.2 Å². The Balaban J connectivity index is 1.91. The normalized spacial score (nSPS) is 12.4. The van der Waals surface area contributed by atoms with Crippen LogP contribution in [0.4, 0.5) is 0 Å². The van der Waals surface area contributed by atoms with E-state index in [4.69, 9.17) is 0 Å². The van der Waals surface area contributed by atoms with E-state index in [2.05, 4.69) is 39.3 Å². The molecule has 7 heteroatoms. The van der Waals surface area contributed by atoms with Crippen molar-refractivity contribution in [3.05, 3.63) is 63.1 Å². The lowest BCUT2D eigenvalue weighted by molar-refractivity contribution is 0.0945. The minimum absolute atomic E-state index is 0.154. The van der Waals surface area contributed by atoms with Gasteiger partial charge in [0.2, 0.25) is 0 Å². The van der Waals surface area contributed by atoms with E-state index >= 15 is 0 Å². The first-order valence-electron chi connectivity index (χ1n) is 8.17. The molecule has 2 N–H and O–H groups in total. The summed E-state index contributed by atoms with van der Waals surface area (Å²) in [5, 5.41) is 11.1. The molecule has 0 spiro atoms. The molecule has 3 aromatic rings. The summed E-state index contributed by atoms with van der Waals surface area (Å²) in [6, 6.07) is 9.30. The molecule has 6 nitrogen and oxygen atoms in total. The summed E-state index contributed by atoms with van der Waals surface area (Å²) in [6.07, 6.45) is 0. The second-order valence-electron chi connectivity index (χ2n) is 6.22. The van der Waals surface area contributed by atoms with Gasteiger partial charge in [0.1, 0.15) is 16.7 Å². The predicted molar refractivity (Wildman–Crippen MR) is 97.8 cm³/mol. The molecule has 0 bridgehead atoms. The summed E-state index contributed by atoms with van der Waals surface area (Å²) in [5.74, 6) is 1.40. The predicted octanol–water partition coefficient (Wildman–Crippen LogP) is 3.52. The Kier molecular flexibility index (Phi) is 4.94. The van der Waals surface area contributed by atoms with E-state index in [1.165, 1.54) is 11.3 Å². The quantitative estimate of drug-likeness (QED) is 0.733. The number of aromatic nitrogens is 4. The molecule has 130 valence electrons. The van der Waals surface area contributed by atoms with E-state index in [9.17, 15) is 4.79 Å². The number of amides is 1. The molecule has 0 saturated carbocycles. The van der Waals surface area contributed by atoms with E-state index < -0.39 is 6.04 Å². The molecule has 1 unspecified atom stereocenters. The highest BCUT2D eigenvalue weighted by Gasteiger charge is 2.24. The van der Waals surface area contributed by atoms with Gasteiger partial charge >= 0.3 is 0 Å². The van der Waals surface area contributed by atoms with Gasteiger partial charge in [-0.3, -0.25) is 9.89 Å². The molecule has 1 aromatic carbocycles. The van der Waals surface area contributed by atoms with Crippen molar-refractivity contribution in [1.82, 2.24) is 25.5 Å². The van der Waals surface area contributed by atoms with Crippen LogP contribution in [-0.4, -0.2) is 26.1 Å². The minimum Gasteiger partial charge on any atom is -0.337 e. The number of benzene rings is 1. The largest absolute Gasteiger partial charge is 0.337 e. The number of H-pyrrole nitrogens is 1. The highest BCUT2D eigenvalue weighted by Crippen LogP contribution is 2.26. The number of nitrogens with zero attached hydrogens (tertiary/aromatic N) is 3. The minimum atomic E-state index is -0.414. The molecule has 0 aliphatic heterocycles. The van der Waals surface area contributed by atoms with Crippen LogP contribution >= 0.6 is 11.3 Å². The lowest BCUT2D eigenvalue weighted by Gasteiger charge is -2.16. The van der Waals surface area contributed by atoms with Gasteiger partial charge in [0.15, 0.2) is 5.82 Å². The topological polar surface area (TPSA) is 83.6 Å². The van der Waals surface area contributed by atoms with Crippen LogP contribution in [0.25, 0.3) is 0 Å². The molecule has 2 heterocycles. The monoisotopic (exact) mass is 355 g/mol. The van der Waals surface area contributed by atoms with Crippen molar-refractivity contribution in [2.45, 2.75) is 39.7 Å². The summed E-state index contributed by atoms with van der Waals surface area (Å²) in [5.41, 5.74) is 1.69. The highest BCUT2D eigenvalue weighted by molar-refractivity contribution is 7.13. The van der Waals surface area contributed by atoms with E-state index in [1.54, 1.807) is 0 Å². The Morgan fingerprint density at radius 3 is 2.44 bits per heavy atom. The molecular formula is C18H21N5OS. The molecule has 2 aromatic heterocycles. The number of nitrogens with one attached hydrogen (secondary N) is 2. The maximum absolute atomic E-state index is 12.9. The average Bonchev–Trinajstić information content (AvgIpc) is 3.19. The van der Waals surface area contributed by atoms with Crippen LogP contribution in [0.1, 0.15) is 63.4 Å². The lowest BCUT2D eigenvalue weighted by Crippen LogP contribution is -2.30. The Morgan fingerprint density at radius 2 is 1.88 bits per heavy atom. The molecule has 0 aliphatic carbocycles. The van der Waals surface area contributed by atoms with Crippen molar-refractivity contribution >= 4 is 17.2 Å². The third kappa shape index (κ3) is 3.76. The summed E-state index contributed by atoms with van der Waals surface area (Å²) in [7, 11) is 0. The number of thiazole rings is 1. The molecule has 0 aliphatic rings. The van der Waals surface area contributed by atoms with Gasteiger partial charge in [-0.2, -0.15) is 5.10 Å². The highest BCUT2D eigenvalue weighted by atomic mass is 32.1. The van der Waals surface area contributed by atoms with Crippen LogP contribution in [0.3, 0.4) is 0 Å². The summed E-state index contributed by atoms with van der Waals surface area (Å²) in [6.45, 7) is 7.85. The summed E-state index contributed by atoms with van der Waals surface area (Å²) >= 11 is 1.44. The molecule has 3 rings (SSSR count). The lowest BCUT2D eigenvalue weighted by atomic mass is 10.1. The summed E-state index contributed by atoms with van der Waals surface area (Å²) in [4.78, 5) is 22.4. The molecule has 0 saturated heterocycles. The van der Waals surface area contributed by atoms with Crippen molar-refractivity contribution in [1.29, 1.82) is 0 Å². The van der Waals surface area contributed by atoms with Crippen LogP contribution < -0.4 is 5.32 Å². The number of aromatic amines is 1. The smallest absolute Gasteiger partial charge is 0.264 e. The first-order valence-corrected chi connectivity index (χ1v) is 8.99. The maximum Gasteiger partial charge on any atom is 0.264 e. The van der Waals surface area contributed by atoms with Crippen LogP contribution in [0, 0.1) is 13.8 Å². The van der Waals surface area contributed by atoms with Crippen molar-refractivity contribution in [3.63, 3.8) is 0 Å². The van der Waals surface area contributed by atoms with Gasteiger partial charge in [0.25, 0.3) is 5.91 Å². The van der Waals surface area contributed by atoms with Gasteiger partial charge in [-0.05, 0) is 19.4 Å². The van der Waals surface area contributed by atoms with Crippen LogP contribution in [-0.2, 0) is 0 Å². The van der Waals surface area contributed by atoms with Gasteiger partial charge in [0.05, 0.1) is 10.7 Å². The first kappa shape index (κ1) is 17.3. The van der Waals surface area contributed by atoms with E-state index in [1.807, 2.05) is 44.2 Å². The van der Waals surface area contributed by atoms with E-state index in [0.29, 0.717) is 22.4 Å². The zero-order valence-corrected chi connectivity index (χ0v) is 15.5. The molecular weight excluding hydrogens is 334 g/mol. The van der Waals surface area contributed by atoms with Gasteiger partial charge < -0.3 is 5.32 Å². The zero-order chi connectivity index (χ0) is 18.0. The molecule has 0 radical (unpaired) electrons. The standard InChI is InChI=1S/C18H21N5OS/c1-10(2)18-19-11(3)15(25-18)17(24)21-14(13-8-6-5-7-9-13)16-20-12(4)22-23-16/h5-10,14H,1-4H3,(H,21,24)(H,20,22,23).